The molecule has 0 saturated carbocycles. The van der Waals surface area contributed by atoms with Gasteiger partial charge in [-0.2, -0.15) is 0 Å². The van der Waals surface area contributed by atoms with Gasteiger partial charge in [0, 0.05) is 6.54 Å². The van der Waals surface area contributed by atoms with Gasteiger partial charge in [0.25, 0.3) is 0 Å². The Morgan fingerprint density at radius 2 is 1.56 bits per heavy atom. The lowest BCUT2D eigenvalue weighted by atomic mass is 9.92. The van der Waals surface area contributed by atoms with Gasteiger partial charge in [-0.1, -0.05) is 6.07 Å². The van der Waals surface area contributed by atoms with Crippen LogP contribution in [0.1, 0.15) is 34.7 Å². The minimum atomic E-state index is -3.09. The molecule has 0 spiro atoms. The first-order chi connectivity index (χ1) is 8.28. The van der Waals surface area contributed by atoms with Crippen LogP contribution in [0, 0.1) is 27.7 Å². The average molecular weight is 269 g/mol. The first-order valence-corrected chi connectivity index (χ1v) is 7.97. The van der Waals surface area contributed by atoms with E-state index in [1.54, 1.807) is 6.92 Å². The molecule has 0 radical (unpaired) electrons. The molecule has 1 aromatic rings. The molecule has 0 aliphatic rings. The van der Waals surface area contributed by atoms with Gasteiger partial charge in [0.1, 0.15) is 0 Å². The summed E-state index contributed by atoms with van der Waals surface area (Å²) in [7, 11) is -3.09. The molecule has 0 fully saturated rings. The van der Waals surface area contributed by atoms with E-state index in [1.807, 2.05) is 0 Å². The maximum absolute atomic E-state index is 11.4. The molecular weight excluding hydrogens is 246 g/mol. The van der Waals surface area contributed by atoms with Gasteiger partial charge >= 0.3 is 0 Å². The SMILES string of the molecule is CCS(=O)(=O)NCCc1c(C)c(C)cc(C)c1C. The van der Waals surface area contributed by atoms with Crippen molar-refractivity contribution in [3.63, 3.8) is 0 Å². The van der Waals surface area contributed by atoms with Gasteiger partial charge in [0.05, 0.1) is 5.75 Å². The fourth-order valence-corrected chi connectivity index (χ4v) is 2.72. The monoisotopic (exact) mass is 269 g/mol. The molecule has 0 aliphatic heterocycles. The highest BCUT2D eigenvalue weighted by Crippen LogP contribution is 2.21. The maximum Gasteiger partial charge on any atom is 0.211 e. The summed E-state index contributed by atoms with van der Waals surface area (Å²) < 4.78 is 25.4. The lowest BCUT2D eigenvalue weighted by Gasteiger charge is -2.15. The van der Waals surface area contributed by atoms with Crippen LogP contribution in [-0.2, 0) is 16.4 Å². The number of hydrogen-bond donors (Lipinski definition) is 1. The van der Waals surface area contributed by atoms with Gasteiger partial charge in [0.15, 0.2) is 0 Å². The molecule has 1 N–H and O–H groups in total. The molecule has 0 unspecified atom stereocenters. The molecule has 0 amide bonds. The first kappa shape index (κ1) is 15.2. The summed E-state index contributed by atoms with van der Waals surface area (Å²) in [5.74, 6) is 0.137. The van der Waals surface area contributed by atoms with Gasteiger partial charge in [-0.3, -0.25) is 0 Å². The zero-order chi connectivity index (χ0) is 13.9. The predicted molar refractivity (Wildman–Crippen MR) is 76.6 cm³/mol. The van der Waals surface area contributed by atoms with E-state index in [0.717, 1.165) is 6.42 Å². The lowest BCUT2D eigenvalue weighted by Crippen LogP contribution is -2.27. The van der Waals surface area contributed by atoms with Crippen molar-refractivity contribution in [2.75, 3.05) is 12.3 Å². The number of hydrogen-bond acceptors (Lipinski definition) is 2. The number of aryl methyl sites for hydroxylation is 2. The van der Waals surface area contributed by atoms with E-state index < -0.39 is 10.0 Å². The molecule has 0 atom stereocenters. The minimum absolute atomic E-state index is 0.137. The third-order valence-corrected chi connectivity index (χ3v) is 5.00. The van der Waals surface area contributed by atoms with E-state index in [0.29, 0.717) is 6.54 Å². The molecule has 0 heterocycles. The topological polar surface area (TPSA) is 46.2 Å². The number of nitrogens with one attached hydrogen (secondary N) is 1. The van der Waals surface area contributed by atoms with Crippen molar-refractivity contribution in [1.29, 1.82) is 0 Å². The fourth-order valence-electron chi connectivity index (χ4n) is 2.11. The molecule has 4 heteroatoms. The normalized spacial score (nSPS) is 11.8. The van der Waals surface area contributed by atoms with Gasteiger partial charge in [-0.05, 0) is 68.9 Å². The Bertz CT molecular complexity index is 507. The third-order valence-electron chi connectivity index (χ3n) is 3.60. The Labute approximate surface area is 111 Å². The third kappa shape index (κ3) is 3.56. The van der Waals surface area contributed by atoms with Gasteiger partial charge in [-0.25, -0.2) is 13.1 Å². The second-order valence-electron chi connectivity index (χ2n) is 4.79. The zero-order valence-corrected chi connectivity index (χ0v) is 12.7. The number of benzene rings is 1. The van der Waals surface area contributed by atoms with Gasteiger partial charge < -0.3 is 0 Å². The summed E-state index contributed by atoms with van der Waals surface area (Å²) in [6.45, 7) is 10.5. The first-order valence-electron chi connectivity index (χ1n) is 6.32. The van der Waals surface area contributed by atoms with Crippen LogP contribution >= 0.6 is 0 Å². The average Bonchev–Trinajstić information content (AvgIpc) is 2.31. The van der Waals surface area contributed by atoms with E-state index >= 15 is 0 Å². The van der Waals surface area contributed by atoms with Gasteiger partial charge in [0.2, 0.25) is 10.0 Å². The van der Waals surface area contributed by atoms with Crippen molar-refractivity contribution in [3.05, 3.63) is 33.9 Å². The summed E-state index contributed by atoms with van der Waals surface area (Å²) in [4.78, 5) is 0. The Balaban J connectivity index is 2.86. The highest BCUT2D eigenvalue weighted by Gasteiger charge is 2.10. The Morgan fingerprint density at radius 1 is 1.06 bits per heavy atom. The summed E-state index contributed by atoms with van der Waals surface area (Å²) in [6, 6.07) is 2.18. The van der Waals surface area contributed by atoms with Crippen LogP contribution in [0.3, 0.4) is 0 Å². The summed E-state index contributed by atoms with van der Waals surface area (Å²) in [5, 5.41) is 0. The molecule has 1 aromatic carbocycles. The van der Waals surface area contributed by atoms with E-state index in [2.05, 4.69) is 38.5 Å². The number of sulfonamides is 1. The van der Waals surface area contributed by atoms with Gasteiger partial charge in [-0.15, -0.1) is 0 Å². The van der Waals surface area contributed by atoms with E-state index in [1.165, 1.54) is 27.8 Å². The van der Waals surface area contributed by atoms with Crippen LogP contribution in [0.25, 0.3) is 0 Å². The second-order valence-corrected chi connectivity index (χ2v) is 6.88. The quantitative estimate of drug-likeness (QED) is 0.892. The molecule has 0 aliphatic carbocycles. The van der Waals surface area contributed by atoms with Crippen LogP contribution in [-0.4, -0.2) is 20.7 Å². The van der Waals surface area contributed by atoms with E-state index in [4.69, 9.17) is 0 Å². The Hall–Kier alpha value is -0.870. The second kappa shape index (κ2) is 5.85. The number of rotatable bonds is 5. The molecule has 18 heavy (non-hydrogen) atoms. The highest BCUT2D eigenvalue weighted by atomic mass is 32.2. The largest absolute Gasteiger partial charge is 0.215 e. The molecule has 3 nitrogen and oxygen atoms in total. The zero-order valence-electron chi connectivity index (χ0n) is 11.9. The van der Waals surface area contributed by atoms with Crippen molar-refractivity contribution in [3.8, 4) is 0 Å². The van der Waals surface area contributed by atoms with Crippen LogP contribution in [0.15, 0.2) is 6.07 Å². The smallest absolute Gasteiger partial charge is 0.211 e. The molecule has 0 aromatic heterocycles. The predicted octanol–water partition coefficient (Wildman–Crippen LogP) is 2.40. The van der Waals surface area contributed by atoms with Crippen molar-refractivity contribution in [1.82, 2.24) is 4.72 Å². The maximum atomic E-state index is 11.4. The van der Waals surface area contributed by atoms with Crippen molar-refractivity contribution in [2.24, 2.45) is 0 Å². The van der Waals surface area contributed by atoms with E-state index in [-0.39, 0.29) is 5.75 Å². The van der Waals surface area contributed by atoms with Crippen LogP contribution in [0.4, 0.5) is 0 Å². The standard InChI is InChI=1S/C14H23NO2S/c1-6-18(16,17)15-8-7-14-12(4)10(2)9-11(3)13(14)5/h9,15H,6-8H2,1-5H3. The van der Waals surface area contributed by atoms with Crippen molar-refractivity contribution in [2.45, 2.75) is 41.0 Å². The Morgan fingerprint density at radius 3 is 2.00 bits per heavy atom. The van der Waals surface area contributed by atoms with Crippen LogP contribution in [0.2, 0.25) is 0 Å². The van der Waals surface area contributed by atoms with Crippen molar-refractivity contribution < 1.29 is 8.42 Å². The van der Waals surface area contributed by atoms with Crippen LogP contribution in [0.5, 0.6) is 0 Å². The van der Waals surface area contributed by atoms with E-state index in [9.17, 15) is 8.42 Å². The molecular formula is C14H23NO2S. The summed E-state index contributed by atoms with van der Waals surface area (Å²) in [6.07, 6.45) is 0.749. The molecule has 102 valence electrons. The minimum Gasteiger partial charge on any atom is -0.215 e. The summed E-state index contributed by atoms with van der Waals surface area (Å²) in [5.41, 5.74) is 6.35. The molecule has 0 saturated heterocycles. The molecule has 1 rings (SSSR count). The fraction of sp³-hybridized carbons (Fsp3) is 0.571. The lowest BCUT2D eigenvalue weighted by molar-refractivity contribution is 0.583. The van der Waals surface area contributed by atoms with Crippen molar-refractivity contribution >= 4 is 10.0 Å². The Kier molecular flexibility index (Phi) is 4.93. The molecule has 0 bridgehead atoms. The van der Waals surface area contributed by atoms with Crippen LogP contribution < -0.4 is 4.72 Å². The summed E-state index contributed by atoms with van der Waals surface area (Å²) >= 11 is 0. The highest BCUT2D eigenvalue weighted by molar-refractivity contribution is 7.89.